The van der Waals surface area contributed by atoms with Gasteiger partial charge < -0.3 is 0 Å². The lowest BCUT2D eigenvalue weighted by Crippen LogP contribution is -2.35. The van der Waals surface area contributed by atoms with Gasteiger partial charge in [0.25, 0.3) is 0 Å². The van der Waals surface area contributed by atoms with Crippen LogP contribution in [0.5, 0.6) is 0 Å². The Morgan fingerprint density at radius 1 is 0.762 bits per heavy atom. The summed E-state index contributed by atoms with van der Waals surface area (Å²) in [5.74, 6) is 0.865. The Morgan fingerprint density at radius 2 is 1.19 bits per heavy atom. The first-order valence-corrected chi connectivity index (χ1v) is 9.44. The molecule has 0 unspecified atom stereocenters. The molecule has 1 heteroatoms. The third-order valence-electron chi connectivity index (χ3n) is 4.96. The van der Waals surface area contributed by atoms with Crippen LogP contribution >= 0.6 is 7.92 Å². The first kappa shape index (κ1) is 14.8. The zero-order valence-electron chi connectivity index (χ0n) is 13.1. The van der Waals surface area contributed by atoms with Crippen LogP contribution < -0.4 is 10.6 Å². The van der Waals surface area contributed by atoms with Crippen LogP contribution in [0.2, 0.25) is 0 Å². The van der Waals surface area contributed by atoms with Crippen molar-refractivity contribution in [3.05, 3.63) is 60.7 Å². The van der Waals surface area contributed by atoms with Crippen molar-refractivity contribution in [3.63, 3.8) is 0 Å². The Hall–Kier alpha value is -1.13. The Morgan fingerprint density at radius 3 is 1.62 bits per heavy atom. The maximum absolute atomic E-state index is 2.51. The second kappa shape index (κ2) is 6.32. The predicted octanol–water partition coefficient (Wildman–Crippen LogP) is 5.09. The summed E-state index contributed by atoms with van der Waals surface area (Å²) in [6.07, 6.45) is 5.65. The highest BCUT2D eigenvalue weighted by molar-refractivity contribution is 7.74. The van der Waals surface area contributed by atoms with E-state index in [1.165, 1.54) is 36.3 Å². The molecule has 0 bridgehead atoms. The SMILES string of the molecule is CC(C)(C1CCCC1)P(c1ccccc1)c1ccccc1. The zero-order chi connectivity index (χ0) is 14.7. The van der Waals surface area contributed by atoms with Crippen LogP contribution in [-0.2, 0) is 0 Å². The quantitative estimate of drug-likeness (QED) is 0.690. The molecule has 1 aliphatic rings. The molecule has 0 nitrogen and oxygen atoms in total. The highest BCUT2D eigenvalue weighted by Crippen LogP contribution is 2.55. The average molecular weight is 296 g/mol. The lowest BCUT2D eigenvalue weighted by molar-refractivity contribution is 0.431. The molecule has 110 valence electrons. The molecule has 0 radical (unpaired) electrons. The van der Waals surface area contributed by atoms with Crippen molar-refractivity contribution in [2.75, 3.05) is 0 Å². The molecule has 0 atom stereocenters. The average Bonchev–Trinajstić information content (AvgIpc) is 3.04. The van der Waals surface area contributed by atoms with Gasteiger partial charge in [-0.1, -0.05) is 87.4 Å². The van der Waals surface area contributed by atoms with Crippen LogP contribution in [0, 0.1) is 5.92 Å². The summed E-state index contributed by atoms with van der Waals surface area (Å²) in [6.45, 7) is 5.02. The van der Waals surface area contributed by atoms with Gasteiger partial charge in [0.05, 0.1) is 0 Å². The van der Waals surface area contributed by atoms with Gasteiger partial charge >= 0.3 is 0 Å². The molecular weight excluding hydrogens is 271 g/mol. The van der Waals surface area contributed by atoms with Crippen LogP contribution in [0.25, 0.3) is 0 Å². The molecule has 0 amide bonds. The monoisotopic (exact) mass is 296 g/mol. The fourth-order valence-electron chi connectivity index (χ4n) is 3.78. The Balaban J connectivity index is 2.04. The molecule has 0 heterocycles. The number of hydrogen-bond donors (Lipinski definition) is 0. The fourth-order valence-corrected chi connectivity index (χ4v) is 6.98. The molecule has 3 rings (SSSR count). The highest BCUT2D eigenvalue weighted by Gasteiger charge is 2.39. The molecule has 2 aromatic carbocycles. The largest absolute Gasteiger partial charge is 0.0622 e. The van der Waals surface area contributed by atoms with Gasteiger partial charge in [0, 0.05) is 0 Å². The van der Waals surface area contributed by atoms with E-state index < -0.39 is 0 Å². The van der Waals surface area contributed by atoms with Crippen molar-refractivity contribution in [2.24, 2.45) is 5.92 Å². The summed E-state index contributed by atoms with van der Waals surface area (Å²) in [4.78, 5) is 0. The van der Waals surface area contributed by atoms with E-state index in [1.54, 1.807) is 0 Å². The van der Waals surface area contributed by atoms with Gasteiger partial charge in [0.1, 0.15) is 0 Å². The summed E-state index contributed by atoms with van der Waals surface area (Å²) >= 11 is 0. The minimum Gasteiger partial charge on any atom is -0.0622 e. The molecule has 1 saturated carbocycles. The number of rotatable bonds is 4. The Labute approximate surface area is 130 Å². The van der Waals surface area contributed by atoms with E-state index in [0.717, 1.165) is 5.92 Å². The van der Waals surface area contributed by atoms with Crippen molar-refractivity contribution in [1.82, 2.24) is 0 Å². The Bertz CT molecular complexity index is 513. The molecule has 0 spiro atoms. The van der Waals surface area contributed by atoms with E-state index in [2.05, 4.69) is 74.5 Å². The van der Waals surface area contributed by atoms with E-state index in [-0.39, 0.29) is 7.92 Å². The molecule has 0 aliphatic heterocycles. The van der Waals surface area contributed by atoms with Gasteiger partial charge in [0.15, 0.2) is 0 Å². The maximum Gasteiger partial charge on any atom is -0.00427 e. The minimum atomic E-state index is -0.305. The predicted molar refractivity (Wildman–Crippen MR) is 95.1 cm³/mol. The molecule has 0 N–H and O–H groups in total. The Kier molecular flexibility index (Phi) is 4.45. The molecular formula is C20H25P. The van der Waals surface area contributed by atoms with E-state index in [4.69, 9.17) is 0 Å². The minimum absolute atomic E-state index is 0.305. The topological polar surface area (TPSA) is 0 Å². The summed E-state index contributed by atoms with van der Waals surface area (Å²) in [7, 11) is -0.305. The van der Waals surface area contributed by atoms with E-state index in [9.17, 15) is 0 Å². The first-order chi connectivity index (χ1) is 10.2. The van der Waals surface area contributed by atoms with Crippen molar-refractivity contribution in [2.45, 2.75) is 44.7 Å². The lowest BCUT2D eigenvalue weighted by Gasteiger charge is -2.40. The van der Waals surface area contributed by atoms with E-state index >= 15 is 0 Å². The number of benzene rings is 2. The van der Waals surface area contributed by atoms with Crippen molar-refractivity contribution in [1.29, 1.82) is 0 Å². The number of hydrogen-bond acceptors (Lipinski definition) is 0. The zero-order valence-corrected chi connectivity index (χ0v) is 14.0. The third-order valence-corrected chi connectivity index (χ3v) is 8.11. The molecule has 2 aromatic rings. The molecule has 0 aromatic heterocycles. The molecule has 0 saturated heterocycles. The van der Waals surface area contributed by atoms with Gasteiger partial charge in [-0.3, -0.25) is 0 Å². The summed E-state index contributed by atoms with van der Waals surface area (Å²) in [6, 6.07) is 22.3. The van der Waals surface area contributed by atoms with Gasteiger partial charge in [-0.2, -0.15) is 0 Å². The van der Waals surface area contributed by atoms with Crippen molar-refractivity contribution in [3.8, 4) is 0 Å². The van der Waals surface area contributed by atoms with E-state index in [1.807, 2.05) is 0 Å². The smallest absolute Gasteiger partial charge is 0.00427 e. The van der Waals surface area contributed by atoms with Crippen LogP contribution in [0.15, 0.2) is 60.7 Å². The van der Waals surface area contributed by atoms with Gasteiger partial charge in [-0.25, -0.2) is 0 Å². The second-order valence-electron chi connectivity index (χ2n) is 6.64. The summed E-state index contributed by atoms with van der Waals surface area (Å²) < 4.78 is 0. The van der Waals surface area contributed by atoms with Crippen molar-refractivity contribution < 1.29 is 0 Å². The normalized spacial score (nSPS) is 16.5. The summed E-state index contributed by atoms with van der Waals surface area (Å²) in [5, 5.41) is 3.42. The van der Waals surface area contributed by atoms with Crippen LogP contribution in [-0.4, -0.2) is 5.16 Å². The van der Waals surface area contributed by atoms with Gasteiger partial charge in [-0.05, 0) is 42.4 Å². The highest BCUT2D eigenvalue weighted by atomic mass is 31.1. The third kappa shape index (κ3) is 3.06. The molecule has 21 heavy (non-hydrogen) atoms. The van der Waals surface area contributed by atoms with Crippen LogP contribution in [0.4, 0.5) is 0 Å². The fraction of sp³-hybridized carbons (Fsp3) is 0.400. The maximum atomic E-state index is 2.51. The van der Waals surface area contributed by atoms with Crippen LogP contribution in [0.3, 0.4) is 0 Å². The molecule has 1 aliphatic carbocycles. The van der Waals surface area contributed by atoms with E-state index in [0.29, 0.717) is 5.16 Å². The first-order valence-electron chi connectivity index (χ1n) is 8.10. The van der Waals surface area contributed by atoms with Crippen LogP contribution in [0.1, 0.15) is 39.5 Å². The standard InChI is InChI=1S/C20H25P/c1-20(2,17-11-9-10-12-17)21(18-13-5-3-6-14-18)19-15-7-4-8-16-19/h3-8,13-17H,9-12H2,1-2H3. The molecule has 1 fully saturated rings. The van der Waals surface area contributed by atoms with Gasteiger partial charge in [0.2, 0.25) is 0 Å². The van der Waals surface area contributed by atoms with Crippen molar-refractivity contribution >= 4 is 18.5 Å². The van der Waals surface area contributed by atoms with Gasteiger partial charge in [-0.15, -0.1) is 0 Å². The second-order valence-corrected chi connectivity index (χ2v) is 9.50. The lowest BCUT2D eigenvalue weighted by atomic mass is 9.93. The summed E-state index contributed by atoms with van der Waals surface area (Å²) in [5.41, 5.74) is 0.